The first-order valence-electron chi connectivity index (χ1n) is 8.85. The summed E-state index contributed by atoms with van der Waals surface area (Å²) in [4.78, 5) is 2.56. The van der Waals surface area contributed by atoms with E-state index in [9.17, 15) is 0 Å². The van der Waals surface area contributed by atoms with Crippen LogP contribution in [0.2, 0.25) is 0 Å². The first-order valence-corrected chi connectivity index (χ1v) is 10.4. The van der Waals surface area contributed by atoms with Gasteiger partial charge in [0, 0.05) is 21.1 Å². The Bertz CT molecular complexity index is 754. The van der Waals surface area contributed by atoms with Gasteiger partial charge in [-0.15, -0.1) is 0 Å². The number of hydrogen-bond donors (Lipinski definition) is 0. The average Bonchev–Trinajstić information content (AvgIpc) is 3.07. The molecule has 2 aliphatic heterocycles. The molecule has 0 spiro atoms. The Balaban J connectivity index is 1.73. The second-order valence-corrected chi connectivity index (χ2v) is 8.52. The smallest absolute Gasteiger partial charge is 0.127 e. The van der Waals surface area contributed by atoms with Crippen LogP contribution >= 0.6 is 31.9 Å². The fraction of sp³-hybridized carbons (Fsp3) is 0.333. The third kappa shape index (κ3) is 3.86. The predicted molar refractivity (Wildman–Crippen MR) is 110 cm³/mol. The molecule has 2 aromatic rings. The van der Waals surface area contributed by atoms with Crippen LogP contribution in [0.4, 0.5) is 0 Å². The maximum atomic E-state index is 6.09. The zero-order valence-corrected chi connectivity index (χ0v) is 17.3. The number of fused-ring (bicyclic) bond motifs is 2. The van der Waals surface area contributed by atoms with Gasteiger partial charge in [-0.1, -0.05) is 44.0 Å². The molecule has 0 aliphatic carbocycles. The Kier molecular flexibility index (Phi) is 5.30. The first-order chi connectivity index (χ1) is 12.2. The highest BCUT2D eigenvalue weighted by atomic mass is 79.9. The van der Waals surface area contributed by atoms with E-state index >= 15 is 0 Å². The van der Waals surface area contributed by atoms with Crippen LogP contribution in [-0.4, -0.2) is 24.5 Å². The Morgan fingerprint density at radius 2 is 1.68 bits per heavy atom. The van der Waals surface area contributed by atoms with Crippen molar-refractivity contribution in [1.29, 1.82) is 0 Å². The van der Waals surface area contributed by atoms with E-state index < -0.39 is 0 Å². The highest BCUT2D eigenvalue weighted by Crippen LogP contribution is 2.39. The molecule has 2 aromatic carbocycles. The minimum Gasteiger partial charge on any atom is -0.488 e. The van der Waals surface area contributed by atoms with E-state index in [1.165, 1.54) is 48.2 Å². The van der Waals surface area contributed by atoms with Crippen molar-refractivity contribution in [3.05, 3.63) is 68.1 Å². The van der Waals surface area contributed by atoms with Crippen molar-refractivity contribution in [2.75, 3.05) is 19.6 Å². The van der Waals surface area contributed by atoms with Crippen LogP contribution < -0.4 is 4.74 Å². The number of hydrogen-bond acceptors (Lipinski definition) is 2. The third-order valence-corrected chi connectivity index (χ3v) is 5.96. The SMILES string of the molecule is Brc1ccc2c(c1)C(=CCCN1CCCC1)c1cc(Br)ccc1OC2. The minimum absolute atomic E-state index is 0.612. The number of ether oxygens (including phenoxy) is 1. The molecule has 0 bridgehead atoms. The van der Waals surface area contributed by atoms with Gasteiger partial charge in [0.05, 0.1) is 0 Å². The normalized spacial score (nSPS) is 18.6. The van der Waals surface area contributed by atoms with Gasteiger partial charge in [0.25, 0.3) is 0 Å². The van der Waals surface area contributed by atoms with Crippen LogP contribution in [0.15, 0.2) is 51.4 Å². The van der Waals surface area contributed by atoms with Gasteiger partial charge in [0.15, 0.2) is 0 Å². The molecule has 2 nitrogen and oxygen atoms in total. The fourth-order valence-electron chi connectivity index (χ4n) is 3.68. The van der Waals surface area contributed by atoms with E-state index in [4.69, 9.17) is 4.74 Å². The van der Waals surface area contributed by atoms with Gasteiger partial charge in [-0.2, -0.15) is 0 Å². The fourth-order valence-corrected chi connectivity index (χ4v) is 4.40. The topological polar surface area (TPSA) is 12.5 Å². The van der Waals surface area contributed by atoms with E-state index in [1.807, 2.05) is 6.07 Å². The summed E-state index contributed by atoms with van der Waals surface area (Å²) >= 11 is 7.25. The van der Waals surface area contributed by atoms with Crippen LogP contribution in [0, 0.1) is 0 Å². The van der Waals surface area contributed by atoms with Gasteiger partial charge in [-0.3, -0.25) is 0 Å². The Labute approximate surface area is 166 Å². The molecule has 0 unspecified atom stereocenters. The molecule has 2 aliphatic rings. The Morgan fingerprint density at radius 3 is 2.48 bits per heavy atom. The molecule has 0 saturated carbocycles. The molecule has 4 heteroatoms. The van der Waals surface area contributed by atoms with Crippen LogP contribution in [0.3, 0.4) is 0 Å². The van der Waals surface area contributed by atoms with Crippen LogP contribution in [0.25, 0.3) is 5.57 Å². The lowest BCUT2D eigenvalue weighted by Crippen LogP contribution is -2.19. The lowest BCUT2D eigenvalue weighted by molar-refractivity contribution is 0.307. The number of benzene rings is 2. The largest absolute Gasteiger partial charge is 0.488 e. The monoisotopic (exact) mass is 461 g/mol. The molecular weight excluding hydrogens is 442 g/mol. The van der Waals surface area contributed by atoms with E-state index in [0.717, 1.165) is 27.7 Å². The number of rotatable bonds is 3. The number of nitrogens with zero attached hydrogens (tertiary/aromatic N) is 1. The highest BCUT2D eigenvalue weighted by Gasteiger charge is 2.20. The lowest BCUT2D eigenvalue weighted by Gasteiger charge is -2.15. The van der Waals surface area contributed by atoms with Crippen molar-refractivity contribution >= 4 is 37.4 Å². The van der Waals surface area contributed by atoms with Crippen molar-refractivity contribution < 1.29 is 4.74 Å². The quantitative estimate of drug-likeness (QED) is 0.552. The van der Waals surface area contributed by atoms with E-state index in [0.29, 0.717) is 6.61 Å². The summed E-state index contributed by atoms with van der Waals surface area (Å²) in [5.74, 6) is 0.961. The number of likely N-dealkylation sites (tertiary alicyclic amines) is 1. The molecule has 130 valence electrons. The van der Waals surface area contributed by atoms with Crippen LogP contribution in [0.1, 0.15) is 36.0 Å². The summed E-state index contributed by atoms with van der Waals surface area (Å²) in [6.45, 7) is 4.24. The summed E-state index contributed by atoms with van der Waals surface area (Å²) < 4.78 is 8.28. The van der Waals surface area contributed by atoms with E-state index in [-0.39, 0.29) is 0 Å². The zero-order chi connectivity index (χ0) is 17.2. The summed E-state index contributed by atoms with van der Waals surface area (Å²) in [6.07, 6.45) is 6.14. The van der Waals surface area contributed by atoms with Gasteiger partial charge in [0.1, 0.15) is 12.4 Å². The highest BCUT2D eigenvalue weighted by molar-refractivity contribution is 9.10. The summed E-state index contributed by atoms with van der Waals surface area (Å²) in [5.41, 5.74) is 4.97. The predicted octanol–water partition coefficient (Wildman–Crippen LogP) is 6.02. The Morgan fingerprint density at radius 1 is 0.960 bits per heavy atom. The molecule has 2 heterocycles. The Hall–Kier alpha value is -1.10. The van der Waals surface area contributed by atoms with Crippen molar-refractivity contribution in [1.82, 2.24) is 4.90 Å². The summed E-state index contributed by atoms with van der Waals surface area (Å²) in [7, 11) is 0. The first kappa shape index (κ1) is 17.3. The molecule has 1 fully saturated rings. The second kappa shape index (κ2) is 7.65. The molecule has 4 rings (SSSR count). The zero-order valence-electron chi connectivity index (χ0n) is 14.1. The second-order valence-electron chi connectivity index (χ2n) is 6.69. The molecule has 25 heavy (non-hydrogen) atoms. The maximum absolute atomic E-state index is 6.09. The minimum atomic E-state index is 0.612. The molecule has 0 atom stereocenters. The van der Waals surface area contributed by atoms with Crippen molar-refractivity contribution in [2.24, 2.45) is 0 Å². The molecule has 0 aromatic heterocycles. The third-order valence-electron chi connectivity index (χ3n) is 4.97. The average molecular weight is 463 g/mol. The van der Waals surface area contributed by atoms with Crippen molar-refractivity contribution in [3.63, 3.8) is 0 Å². The van der Waals surface area contributed by atoms with Gasteiger partial charge in [-0.25, -0.2) is 0 Å². The van der Waals surface area contributed by atoms with E-state index in [1.54, 1.807) is 0 Å². The molecule has 0 N–H and O–H groups in total. The van der Waals surface area contributed by atoms with Crippen molar-refractivity contribution in [2.45, 2.75) is 25.9 Å². The van der Waals surface area contributed by atoms with Gasteiger partial charge in [0.2, 0.25) is 0 Å². The molecule has 1 saturated heterocycles. The number of halogens is 2. The van der Waals surface area contributed by atoms with Crippen molar-refractivity contribution in [3.8, 4) is 5.75 Å². The standard InChI is InChI=1S/C21H21Br2NO/c22-16-6-5-15-14-25-21-8-7-17(23)13-20(21)18(19(15)12-16)4-3-11-24-9-1-2-10-24/h4-8,12-13H,1-3,9-11,14H2. The maximum Gasteiger partial charge on any atom is 0.127 e. The summed E-state index contributed by atoms with van der Waals surface area (Å²) in [6, 6.07) is 12.8. The molecule has 0 radical (unpaired) electrons. The molecule has 0 amide bonds. The van der Waals surface area contributed by atoms with Gasteiger partial charge >= 0.3 is 0 Å². The molecular formula is C21H21Br2NO. The summed E-state index contributed by atoms with van der Waals surface area (Å²) in [5, 5.41) is 0. The van der Waals surface area contributed by atoms with Crippen LogP contribution in [0.5, 0.6) is 5.75 Å². The van der Waals surface area contributed by atoms with Crippen LogP contribution in [-0.2, 0) is 6.61 Å². The lowest BCUT2D eigenvalue weighted by atomic mass is 9.93. The van der Waals surface area contributed by atoms with Gasteiger partial charge < -0.3 is 9.64 Å². The van der Waals surface area contributed by atoms with Gasteiger partial charge in [-0.05, 0) is 79.4 Å². The van der Waals surface area contributed by atoms with E-state index in [2.05, 4.69) is 73.2 Å².